The third kappa shape index (κ3) is 4.01. The van der Waals surface area contributed by atoms with Crippen molar-refractivity contribution in [3.05, 3.63) is 64.2 Å². The van der Waals surface area contributed by atoms with Crippen molar-refractivity contribution in [3.63, 3.8) is 0 Å². The molecule has 140 valence electrons. The zero-order valence-corrected chi connectivity index (χ0v) is 16.6. The predicted molar refractivity (Wildman–Crippen MR) is 109 cm³/mol. The molecule has 0 aromatic heterocycles. The Kier molecular flexibility index (Phi) is 5.56. The predicted octanol–water partition coefficient (Wildman–Crippen LogP) is 5.78. The number of rotatable bonds is 6. The molecule has 0 radical (unpaired) electrons. The number of benzene rings is 2. The first-order chi connectivity index (χ1) is 13.0. The smallest absolute Gasteiger partial charge is 0.131 e. The second-order valence-electron chi connectivity index (χ2n) is 7.68. The number of nitrogens with zero attached hydrogens (tertiary/aromatic N) is 1. The molecule has 2 aromatic rings. The lowest BCUT2D eigenvalue weighted by Gasteiger charge is -2.20. The third-order valence-electron chi connectivity index (χ3n) is 4.93. The first-order valence-corrected chi connectivity index (χ1v) is 9.57. The molecular formula is C24H27NO2. The first-order valence-electron chi connectivity index (χ1n) is 9.57. The van der Waals surface area contributed by atoms with Gasteiger partial charge in [0.05, 0.1) is 6.07 Å². The average molecular weight is 361 g/mol. The van der Waals surface area contributed by atoms with Crippen LogP contribution < -0.4 is 9.47 Å². The molecule has 0 N–H and O–H groups in total. The molecule has 0 atom stereocenters. The molecule has 3 nitrogen and oxygen atoms in total. The van der Waals surface area contributed by atoms with Crippen LogP contribution in [0.3, 0.4) is 0 Å². The van der Waals surface area contributed by atoms with Gasteiger partial charge >= 0.3 is 0 Å². The second kappa shape index (κ2) is 7.88. The van der Waals surface area contributed by atoms with Gasteiger partial charge in [0.2, 0.25) is 0 Å². The monoisotopic (exact) mass is 361 g/mol. The highest BCUT2D eigenvalue weighted by molar-refractivity contribution is 5.72. The fourth-order valence-electron chi connectivity index (χ4n) is 3.76. The molecule has 0 saturated carbocycles. The SMILES string of the molecule is CCCc1c2c(c(C=CC#N)c(C)c1OCc1ccccc1)OC(C)(C)C2. The summed E-state index contributed by atoms with van der Waals surface area (Å²) in [7, 11) is 0. The van der Waals surface area contributed by atoms with Gasteiger partial charge in [-0.1, -0.05) is 43.7 Å². The molecule has 1 heterocycles. The largest absolute Gasteiger partial charge is 0.488 e. The van der Waals surface area contributed by atoms with E-state index in [9.17, 15) is 0 Å². The summed E-state index contributed by atoms with van der Waals surface area (Å²) in [6, 6.07) is 12.3. The molecule has 0 aliphatic carbocycles. The summed E-state index contributed by atoms with van der Waals surface area (Å²) in [4.78, 5) is 0. The highest BCUT2D eigenvalue weighted by Gasteiger charge is 2.36. The summed E-state index contributed by atoms with van der Waals surface area (Å²) in [5.74, 6) is 1.86. The van der Waals surface area contributed by atoms with Crippen molar-refractivity contribution in [3.8, 4) is 17.6 Å². The van der Waals surface area contributed by atoms with E-state index in [4.69, 9.17) is 14.7 Å². The quantitative estimate of drug-likeness (QED) is 0.613. The zero-order valence-electron chi connectivity index (χ0n) is 16.6. The van der Waals surface area contributed by atoms with Crippen molar-refractivity contribution in [2.24, 2.45) is 0 Å². The van der Waals surface area contributed by atoms with Crippen LogP contribution in [-0.4, -0.2) is 5.60 Å². The van der Waals surface area contributed by atoms with E-state index in [1.165, 1.54) is 17.2 Å². The van der Waals surface area contributed by atoms with Crippen LogP contribution in [0.5, 0.6) is 11.5 Å². The van der Waals surface area contributed by atoms with Crippen LogP contribution in [0.1, 0.15) is 55.0 Å². The Morgan fingerprint density at radius 3 is 2.67 bits per heavy atom. The molecule has 3 heteroatoms. The Balaban J connectivity index is 2.10. The van der Waals surface area contributed by atoms with Crippen LogP contribution in [0.15, 0.2) is 36.4 Å². The van der Waals surface area contributed by atoms with Crippen LogP contribution in [0.25, 0.3) is 6.08 Å². The van der Waals surface area contributed by atoms with Crippen molar-refractivity contribution >= 4 is 6.08 Å². The number of fused-ring (bicyclic) bond motifs is 1. The molecule has 0 saturated heterocycles. The van der Waals surface area contributed by atoms with E-state index in [1.807, 2.05) is 24.3 Å². The van der Waals surface area contributed by atoms with Crippen molar-refractivity contribution in [2.45, 2.75) is 59.2 Å². The molecule has 2 aromatic carbocycles. The molecule has 0 spiro atoms. The number of ether oxygens (including phenoxy) is 2. The molecule has 3 rings (SSSR count). The zero-order chi connectivity index (χ0) is 19.4. The topological polar surface area (TPSA) is 42.2 Å². The number of allylic oxidation sites excluding steroid dienone is 1. The summed E-state index contributed by atoms with van der Waals surface area (Å²) < 4.78 is 12.6. The summed E-state index contributed by atoms with van der Waals surface area (Å²) >= 11 is 0. The van der Waals surface area contributed by atoms with E-state index >= 15 is 0 Å². The van der Waals surface area contributed by atoms with Gasteiger partial charge in [0.25, 0.3) is 0 Å². The van der Waals surface area contributed by atoms with E-state index in [1.54, 1.807) is 0 Å². The van der Waals surface area contributed by atoms with E-state index in [-0.39, 0.29) is 5.60 Å². The maximum atomic E-state index is 9.02. The molecule has 0 fully saturated rings. The van der Waals surface area contributed by atoms with Gasteiger partial charge in [0, 0.05) is 34.8 Å². The first kappa shape index (κ1) is 19.0. The van der Waals surface area contributed by atoms with Gasteiger partial charge in [-0.25, -0.2) is 0 Å². The van der Waals surface area contributed by atoms with E-state index in [0.717, 1.165) is 47.5 Å². The van der Waals surface area contributed by atoms with Crippen LogP contribution in [0.2, 0.25) is 0 Å². The average Bonchev–Trinajstić information content (AvgIpc) is 2.97. The Hall–Kier alpha value is -2.73. The molecule has 1 aliphatic heterocycles. The Morgan fingerprint density at radius 2 is 2.00 bits per heavy atom. The van der Waals surface area contributed by atoms with Crippen LogP contribution >= 0.6 is 0 Å². The van der Waals surface area contributed by atoms with Gasteiger partial charge in [-0.05, 0) is 38.8 Å². The second-order valence-corrected chi connectivity index (χ2v) is 7.68. The van der Waals surface area contributed by atoms with Gasteiger partial charge in [0.1, 0.15) is 23.7 Å². The summed E-state index contributed by atoms with van der Waals surface area (Å²) in [5, 5.41) is 9.02. The van der Waals surface area contributed by atoms with Crippen LogP contribution in [0.4, 0.5) is 0 Å². The summed E-state index contributed by atoms with van der Waals surface area (Å²) in [6.45, 7) is 9.00. The molecule has 27 heavy (non-hydrogen) atoms. The van der Waals surface area contributed by atoms with Crippen molar-refractivity contribution < 1.29 is 9.47 Å². The normalized spacial score (nSPS) is 14.6. The highest BCUT2D eigenvalue weighted by atomic mass is 16.5. The van der Waals surface area contributed by atoms with E-state index in [2.05, 4.69) is 45.9 Å². The van der Waals surface area contributed by atoms with Gasteiger partial charge in [-0.2, -0.15) is 5.26 Å². The maximum Gasteiger partial charge on any atom is 0.131 e. The van der Waals surface area contributed by atoms with Gasteiger partial charge in [0.15, 0.2) is 0 Å². The lowest BCUT2D eigenvalue weighted by Crippen LogP contribution is -2.25. The minimum absolute atomic E-state index is 0.245. The fourth-order valence-corrected chi connectivity index (χ4v) is 3.76. The van der Waals surface area contributed by atoms with Gasteiger partial charge in [-0.15, -0.1) is 0 Å². The Labute approximate surface area is 162 Å². The highest BCUT2D eigenvalue weighted by Crippen LogP contribution is 2.47. The number of hydrogen-bond donors (Lipinski definition) is 0. The lowest BCUT2D eigenvalue weighted by molar-refractivity contribution is 0.138. The van der Waals surface area contributed by atoms with Crippen LogP contribution in [-0.2, 0) is 19.4 Å². The molecular weight excluding hydrogens is 334 g/mol. The van der Waals surface area contributed by atoms with E-state index < -0.39 is 0 Å². The van der Waals surface area contributed by atoms with Crippen molar-refractivity contribution in [2.75, 3.05) is 0 Å². The third-order valence-corrected chi connectivity index (χ3v) is 4.93. The van der Waals surface area contributed by atoms with Gasteiger partial charge < -0.3 is 9.47 Å². The number of hydrogen-bond acceptors (Lipinski definition) is 3. The van der Waals surface area contributed by atoms with Crippen molar-refractivity contribution in [1.82, 2.24) is 0 Å². The standard InChI is InChI=1S/C24H27NO2/c1-5-10-20-21-15-24(3,4)27-23(21)19(13-9-14-25)17(2)22(20)26-16-18-11-7-6-8-12-18/h6-9,11-13H,5,10,15-16H2,1-4H3. The van der Waals surface area contributed by atoms with Gasteiger partial charge in [-0.3, -0.25) is 0 Å². The Bertz CT molecular complexity index is 889. The lowest BCUT2D eigenvalue weighted by atomic mass is 9.90. The van der Waals surface area contributed by atoms with E-state index in [0.29, 0.717) is 6.61 Å². The molecule has 1 aliphatic rings. The maximum absolute atomic E-state index is 9.02. The summed E-state index contributed by atoms with van der Waals surface area (Å²) in [5.41, 5.74) is 5.38. The summed E-state index contributed by atoms with van der Waals surface area (Å²) in [6.07, 6.45) is 6.21. The minimum Gasteiger partial charge on any atom is -0.488 e. The Morgan fingerprint density at radius 1 is 1.26 bits per heavy atom. The fraction of sp³-hybridized carbons (Fsp3) is 0.375. The minimum atomic E-state index is -0.245. The number of nitriles is 1. The molecule has 0 bridgehead atoms. The molecule has 0 amide bonds. The van der Waals surface area contributed by atoms with Crippen LogP contribution in [0, 0.1) is 18.3 Å². The molecule has 0 unspecified atom stereocenters. The van der Waals surface area contributed by atoms with Crippen molar-refractivity contribution in [1.29, 1.82) is 5.26 Å².